The maximum atomic E-state index is 12.3. The van der Waals surface area contributed by atoms with Crippen LogP contribution in [0.4, 0.5) is 0 Å². The average Bonchev–Trinajstić information content (AvgIpc) is 2.68. The molecule has 0 aliphatic carbocycles. The molecular weight excluding hydrogens is 366 g/mol. The molecule has 0 saturated heterocycles. The molecule has 0 spiro atoms. The number of ether oxygens (including phenoxy) is 2. The molecule has 0 aliphatic rings. The number of aryl methyl sites for hydroxylation is 2. The molecule has 0 radical (unpaired) electrons. The third-order valence-electron chi connectivity index (χ3n) is 4.17. The molecule has 0 saturated carbocycles. The number of aliphatic hydroxyl groups excluding tert-OH is 1. The Morgan fingerprint density at radius 1 is 1.07 bits per heavy atom. The van der Waals surface area contributed by atoms with Crippen LogP contribution >= 0.6 is 0 Å². The quantitative estimate of drug-likeness (QED) is 0.611. The Kier molecular flexibility index (Phi) is 8.24. The largest absolute Gasteiger partial charge is 0.497 e. The first kappa shape index (κ1) is 21.4. The first-order valence-corrected chi connectivity index (χ1v) is 10.5. The summed E-state index contributed by atoms with van der Waals surface area (Å²) in [6, 6.07) is 15.0. The van der Waals surface area contributed by atoms with Gasteiger partial charge in [0, 0.05) is 6.54 Å². The SMILES string of the molecule is COc1ccc(CCS(=O)(=O)NCC(OCCO)c2ccc(C)cc2)cc1. The van der Waals surface area contributed by atoms with Gasteiger partial charge in [0.25, 0.3) is 0 Å². The van der Waals surface area contributed by atoms with E-state index in [0.717, 1.165) is 22.4 Å². The van der Waals surface area contributed by atoms with Crippen LogP contribution in [0.25, 0.3) is 0 Å². The first-order chi connectivity index (χ1) is 12.9. The fourth-order valence-corrected chi connectivity index (χ4v) is 3.62. The Bertz CT molecular complexity index is 788. The van der Waals surface area contributed by atoms with Crippen molar-refractivity contribution in [1.82, 2.24) is 4.72 Å². The summed E-state index contributed by atoms with van der Waals surface area (Å²) in [5, 5.41) is 9.01. The molecule has 148 valence electrons. The van der Waals surface area contributed by atoms with Crippen LogP contribution in [0.3, 0.4) is 0 Å². The molecule has 2 aromatic carbocycles. The lowest BCUT2D eigenvalue weighted by atomic mass is 10.1. The van der Waals surface area contributed by atoms with Gasteiger partial charge in [0.05, 0.1) is 32.2 Å². The van der Waals surface area contributed by atoms with Crippen LogP contribution in [-0.4, -0.2) is 46.1 Å². The number of aliphatic hydroxyl groups is 1. The van der Waals surface area contributed by atoms with Crippen LogP contribution in [0.2, 0.25) is 0 Å². The second-order valence-electron chi connectivity index (χ2n) is 6.26. The van der Waals surface area contributed by atoms with Crippen LogP contribution in [-0.2, 0) is 21.2 Å². The standard InChI is InChI=1S/C20H27NO5S/c1-16-3-7-18(8-4-16)20(26-13-12-22)15-21-27(23,24)14-11-17-5-9-19(25-2)10-6-17/h3-10,20-22H,11-15H2,1-2H3. The normalized spacial score (nSPS) is 12.7. The van der Waals surface area contributed by atoms with Gasteiger partial charge >= 0.3 is 0 Å². The molecule has 0 amide bonds. The van der Waals surface area contributed by atoms with Crippen molar-refractivity contribution < 1.29 is 23.0 Å². The lowest BCUT2D eigenvalue weighted by molar-refractivity contribution is 0.0309. The minimum absolute atomic E-state index is 0.0139. The Hall–Kier alpha value is -1.93. The Balaban J connectivity index is 1.93. The molecule has 1 unspecified atom stereocenters. The van der Waals surface area contributed by atoms with Crippen LogP contribution in [0, 0.1) is 6.92 Å². The van der Waals surface area contributed by atoms with Gasteiger partial charge in [0.1, 0.15) is 5.75 Å². The lowest BCUT2D eigenvalue weighted by Gasteiger charge is -2.19. The number of hydrogen-bond acceptors (Lipinski definition) is 5. The fourth-order valence-electron chi connectivity index (χ4n) is 2.57. The van der Waals surface area contributed by atoms with E-state index in [1.807, 2.05) is 55.5 Å². The maximum Gasteiger partial charge on any atom is 0.212 e. The highest BCUT2D eigenvalue weighted by Gasteiger charge is 2.17. The summed E-state index contributed by atoms with van der Waals surface area (Å²) in [5.41, 5.74) is 2.90. The molecule has 0 heterocycles. The molecule has 1 atom stereocenters. The van der Waals surface area contributed by atoms with Crippen LogP contribution < -0.4 is 9.46 Å². The predicted molar refractivity (Wildman–Crippen MR) is 105 cm³/mol. The van der Waals surface area contributed by atoms with E-state index in [1.165, 1.54) is 0 Å². The van der Waals surface area contributed by atoms with Crippen LogP contribution in [0.1, 0.15) is 22.8 Å². The summed E-state index contributed by atoms with van der Waals surface area (Å²) >= 11 is 0. The monoisotopic (exact) mass is 393 g/mol. The van der Waals surface area contributed by atoms with Crippen molar-refractivity contribution in [2.45, 2.75) is 19.4 Å². The van der Waals surface area contributed by atoms with Crippen molar-refractivity contribution >= 4 is 10.0 Å². The summed E-state index contributed by atoms with van der Waals surface area (Å²) in [6.45, 7) is 2.13. The summed E-state index contributed by atoms with van der Waals surface area (Å²) < 4.78 is 38.0. The minimum Gasteiger partial charge on any atom is -0.497 e. The summed E-state index contributed by atoms with van der Waals surface area (Å²) in [7, 11) is -1.87. The molecule has 0 aliphatic heterocycles. The van der Waals surface area contributed by atoms with E-state index in [9.17, 15) is 8.42 Å². The van der Waals surface area contributed by atoms with E-state index < -0.39 is 16.1 Å². The van der Waals surface area contributed by atoms with Gasteiger partial charge in [0.2, 0.25) is 10.0 Å². The molecule has 2 aromatic rings. The predicted octanol–water partition coefficient (Wildman–Crippen LogP) is 2.22. The van der Waals surface area contributed by atoms with E-state index in [4.69, 9.17) is 14.6 Å². The van der Waals surface area contributed by atoms with Gasteiger partial charge in [-0.15, -0.1) is 0 Å². The van der Waals surface area contributed by atoms with Crippen molar-refractivity contribution in [3.63, 3.8) is 0 Å². The number of benzene rings is 2. The topological polar surface area (TPSA) is 84.9 Å². The van der Waals surface area contributed by atoms with E-state index >= 15 is 0 Å². The third kappa shape index (κ3) is 7.30. The average molecular weight is 394 g/mol. The molecule has 0 fully saturated rings. The number of nitrogens with one attached hydrogen (secondary N) is 1. The van der Waals surface area contributed by atoms with Gasteiger partial charge in [-0.2, -0.15) is 0 Å². The molecule has 27 heavy (non-hydrogen) atoms. The van der Waals surface area contributed by atoms with Crippen molar-refractivity contribution in [3.8, 4) is 5.75 Å². The van der Waals surface area contributed by atoms with Crippen LogP contribution in [0.5, 0.6) is 5.75 Å². The highest BCUT2D eigenvalue weighted by atomic mass is 32.2. The second kappa shape index (κ2) is 10.4. The van der Waals surface area contributed by atoms with Gasteiger partial charge in [-0.1, -0.05) is 42.0 Å². The van der Waals surface area contributed by atoms with E-state index in [-0.39, 0.29) is 25.5 Å². The lowest BCUT2D eigenvalue weighted by Crippen LogP contribution is -2.32. The summed E-state index contributed by atoms with van der Waals surface area (Å²) in [4.78, 5) is 0. The number of sulfonamides is 1. The van der Waals surface area contributed by atoms with E-state index in [1.54, 1.807) is 7.11 Å². The van der Waals surface area contributed by atoms with Crippen molar-refractivity contribution in [1.29, 1.82) is 0 Å². The second-order valence-corrected chi connectivity index (χ2v) is 8.19. The van der Waals surface area contributed by atoms with Gasteiger partial charge in [0.15, 0.2) is 0 Å². The molecule has 7 heteroatoms. The zero-order valence-electron chi connectivity index (χ0n) is 15.7. The van der Waals surface area contributed by atoms with E-state index in [2.05, 4.69) is 4.72 Å². The number of hydrogen-bond donors (Lipinski definition) is 2. The molecule has 2 rings (SSSR count). The maximum absolute atomic E-state index is 12.3. The summed E-state index contributed by atoms with van der Waals surface area (Å²) in [5.74, 6) is 0.724. The fraction of sp³-hybridized carbons (Fsp3) is 0.400. The Morgan fingerprint density at radius 3 is 2.33 bits per heavy atom. The highest BCUT2D eigenvalue weighted by Crippen LogP contribution is 2.18. The molecular formula is C20H27NO5S. The molecule has 0 bridgehead atoms. The van der Waals surface area contributed by atoms with Crippen molar-refractivity contribution in [3.05, 3.63) is 65.2 Å². The molecule has 2 N–H and O–H groups in total. The number of methoxy groups -OCH3 is 1. The highest BCUT2D eigenvalue weighted by molar-refractivity contribution is 7.89. The molecule has 6 nitrogen and oxygen atoms in total. The van der Waals surface area contributed by atoms with Gasteiger partial charge < -0.3 is 14.6 Å². The van der Waals surface area contributed by atoms with E-state index in [0.29, 0.717) is 6.42 Å². The third-order valence-corrected chi connectivity index (χ3v) is 5.51. The van der Waals surface area contributed by atoms with Crippen molar-refractivity contribution in [2.24, 2.45) is 0 Å². The van der Waals surface area contributed by atoms with Crippen molar-refractivity contribution in [2.75, 3.05) is 32.6 Å². The first-order valence-electron chi connectivity index (χ1n) is 8.83. The van der Waals surface area contributed by atoms with Gasteiger partial charge in [-0.3, -0.25) is 0 Å². The van der Waals surface area contributed by atoms with Gasteiger partial charge in [-0.05, 0) is 36.6 Å². The Labute approximate surface area is 161 Å². The Morgan fingerprint density at radius 2 is 1.74 bits per heavy atom. The smallest absolute Gasteiger partial charge is 0.212 e. The number of rotatable bonds is 11. The minimum atomic E-state index is -3.46. The summed E-state index contributed by atoms with van der Waals surface area (Å²) in [6.07, 6.45) is -0.0417. The van der Waals surface area contributed by atoms with Crippen LogP contribution in [0.15, 0.2) is 48.5 Å². The van der Waals surface area contributed by atoms with Gasteiger partial charge in [-0.25, -0.2) is 13.1 Å². The molecule has 0 aromatic heterocycles. The zero-order valence-corrected chi connectivity index (χ0v) is 16.5. The zero-order chi connectivity index (χ0) is 19.7.